The van der Waals surface area contributed by atoms with E-state index >= 15 is 0 Å². The van der Waals surface area contributed by atoms with Crippen molar-refractivity contribution in [3.63, 3.8) is 0 Å². The molecule has 3 nitrogen and oxygen atoms in total. The molecule has 104 valence electrons. The van der Waals surface area contributed by atoms with Crippen LogP contribution in [-0.2, 0) is 10.2 Å². The maximum Gasteiger partial charge on any atom is 0.234 e. The number of allylic oxidation sites excluding steroid dienone is 1. The smallest absolute Gasteiger partial charge is 0.234 e. The predicted molar refractivity (Wildman–Crippen MR) is 80.2 cm³/mol. The summed E-state index contributed by atoms with van der Waals surface area (Å²) in [4.78, 5) is 16.0. The Kier molecular flexibility index (Phi) is 4.42. The SMILES string of the molecule is CC=CCN(CC)C(=O)[C@@]1(c2cccs2)C[C@H]1CN. The lowest BCUT2D eigenvalue weighted by molar-refractivity contribution is -0.133. The van der Waals surface area contributed by atoms with E-state index in [0.29, 0.717) is 19.0 Å². The quantitative estimate of drug-likeness (QED) is 0.812. The van der Waals surface area contributed by atoms with Gasteiger partial charge >= 0.3 is 0 Å². The van der Waals surface area contributed by atoms with Gasteiger partial charge in [-0.2, -0.15) is 0 Å². The summed E-state index contributed by atoms with van der Waals surface area (Å²) in [5, 5.41) is 2.04. The van der Waals surface area contributed by atoms with E-state index in [2.05, 4.69) is 6.07 Å². The fraction of sp³-hybridized carbons (Fsp3) is 0.533. The molecule has 2 atom stereocenters. The largest absolute Gasteiger partial charge is 0.338 e. The van der Waals surface area contributed by atoms with Gasteiger partial charge in [-0.15, -0.1) is 11.3 Å². The molecular weight excluding hydrogens is 256 g/mol. The second kappa shape index (κ2) is 5.88. The number of hydrogen-bond acceptors (Lipinski definition) is 3. The average Bonchev–Trinajstić information content (AvgIpc) is 2.92. The van der Waals surface area contributed by atoms with Crippen LogP contribution in [0.25, 0.3) is 0 Å². The van der Waals surface area contributed by atoms with Crippen molar-refractivity contribution in [1.29, 1.82) is 0 Å². The van der Waals surface area contributed by atoms with Gasteiger partial charge in [0.05, 0.1) is 5.41 Å². The summed E-state index contributed by atoms with van der Waals surface area (Å²) >= 11 is 1.67. The molecule has 19 heavy (non-hydrogen) atoms. The van der Waals surface area contributed by atoms with E-state index < -0.39 is 0 Å². The summed E-state index contributed by atoms with van der Waals surface area (Å²) in [6, 6.07) is 4.09. The van der Waals surface area contributed by atoms with Gasteiger partial charge in [0.2, 0.25) is 5.91 Å². The van der Waals surface area contributed by atoms with Crippen LogP contribution in [-0.4, -0.2) is 30.4 Å². The van der Waals surface area contributed by atoms with Gasteiger partial charge in [0.25, 0.3) is 0 Å². The summed E-state index contributed by atoms with van der Waals surface area (Å²) in [6.07, 6.45) is 4.92. The minimum Gasteiger partial charge on any atom is -0.338 e. The number of rotatable bonds is 6. The van der Waals surface area contributed by atoms with Gasteiger partial charge in [0.1, 0.15) is 0 Å². The number of hydrogen-bond donors (Lipinski definition) is 1. The molecule has 1 aromatic heterocycles. The molecule has 0 saturated heterocycles. The second-order valence-electron chi connectivity index (χ2n) is 5.00. The zero-order valence-electron chi connectivity index (χ0n) is 11.6. The van der Waals surface area contributed by atoms with Crippen LogP contribution < -0.4 is 5.73 Å². The number of likely N-dealkylation sites (N-methyl/N-ethyl adjacent to an activating group) is 1. The Balaban J connectivity index is 2.23. The van der Waals surface area contributed by atoms with Crippen LogP contribution in [0.2, 0.25) is 0 Å². The van der Waals surface area contributed by atoms with Crippen LogP contribution >= 0.6 is 11.3 Å². The van der Waals surface area contributed by atoms with Crippen LogP contribution in [0.15, 0.2) is 29.7 Å². The van der Waals surface area contributed by atoms with Crippen molar-refractivity contribution >= 4 is 17.2 Å². The molecule has 1 fully saturated rings. The lowest BCUT2D eigenvalue weighted by Crippen LogP contribution is -2.40. The van der Waals surface area contributed by atoms with Gasteiger partial charge in [-0.3, -0.25) is 4.79 Å². The molecule has 1 heterocycles. The Hall–Kier alpha value is -1.13. The van der Waals surface area contributed by atoms with E-state index in [1.54, 1.807) is 11.3 Å². The molecule has 2 N–H and O–H groups in total. The van der Waals surface area contributed by atoms with E-state index in [9.17, 15) is 4.79 Å². The summed E-state index contributed by atoms with van der Waals surface area (Å²) in [7, 11) is 0. The van der Waals surface area contributed by atoms with Crippen molar-refractivity contribution in [3.05, 3.63) is 34.5 Å². The number of thiophene rings is 1. The van der Waals surface area contributed by atoms with Crippen LogP contribution in [0, 0.1) is 5.92 Å². The predicted octanol–water partition coefficient (Wildman–Crippen LogP) is 2.39. The molecule has 2 rings (SSSR count). The Morgan fingerprint density at radius 1 is 1.68 bits per heavy atom. The standard InChI is InChI=1S/C15H22N2OS/c1-3-5-8-17(4-2)14(18)15(10-12(15)11-16)13-7-6-9-19-13/h3,5-7,9,12H,4,8,10-11,16H2,1-2H3/t12-,15-/m0/s1. The van der Waals surface area contributed by atoms with Crippen molar-refractivity contribution in [2.24, 2.45) is 11.7 Å². The van der Waals surface area contributed by atoms with Gasteiger partial charge in [0.15, 0.2) is 0 Å². The summed E-state index contributed by atoms with van der Waals surface area (Å²) in [5.74, 6) is 0.546. The molecule has 0 aliphatic heterocycles. The van der Waals surface area contributed by atoms with Crippen LogP contribution in [0.4, 0.5) is 0 Å². The highest BCUT2D eigenvalue weighted by molar-refractivity contribution is 7.10. The fourth-order valence-electron chi connectivity index (χ4n) is 2.69. The average molecular weight is 278 g/mol. The van der Waals surface area contributed by atoms with E-state index in [1.807, 2.05) is 42.3 Å². The lowest BCUT2D eigenvalue weighted by Gasteiger charge is -2.25. The molecule has 0 spiro atoms. The van der Waals surface area contributed by atoms with Gasteiger partial charge in [-0.05, 0) is 44.2 Å². The normalized spacial score (nSPS) is 25.7. The Bertz CT molecular complexity index is 455. The Morgan fingerprint density at radius 3 is 2.95 bits per heavy atom. The molecule has 4 heteroatoms. The second-order valence-corrected chi connectivity index (χ2v) is 5.95. The van der Waals surface area contributed by atoms with Crippen LogP contribution in [0.3, 0.4) is 0 Å². The molecule has 0 radical (unpaired) electrons. The first-order chi connectivity index (χ1) is 9.20. The summed E-state index contributed by atoms with van der Waals surface area (Å²) < 4.78 is 0. The lowest BCUT2D eigenvalue weighted by atomic mass is 9.99. The zero-order chi connectivity index (χ0) is 13.9. The third kappa shape index (κ3) is 2.47. The maximum atomic E-state index is 12.9. The number of carbonyl (C=O) groups excluding carboxylic acids is 1. The molecule has 0 bridgehead atoms. The summed E-state index contributed by atoms with van der Waals surface area (Å²) in [6.45, 7) is 6.03. The molecule has 0 unspecified atom stereocenters. The maximum absolute atomic E-state index is 12.9. The molecule has 1 aromatic rings. The molecule has 1 aliphatic rings. The third-order valence-electron chi connectivity index (χ3n) is 3.96. The molecule has 1 amide bonds. The number of amides is 1. The van der Waals surface area contributed by atoms with E-state index in [-0.39, 0.29) is 11.3 Å². The Labute approximate surface area is 119 Å². The first-order valence-corrected chi connectivity index (χ1v) is 7.73. The minimum atomic E-state index is -0.333. The van der Waals surface area contributed by atoms with Crippen molar-refractivity contribution in [3.8, 4) is 0 Å². The van der Waals surface area contributed by atoms with Crippen LogP contribution in [0.1, 0.15) is 25.1 Å². The van der Waals surface area contributed by atoms with E-state index in [0.717, 1.165) is 13.0 Å². The highest BCUT2D eigenvalue weighted by Gasteiger charge is 2.61. The number of nitrogens with zero attached hydrogens (tertiary/aromatic N) is 1. The fourth-order valence-corrected chi connectivity index (χ4v) is 3.69. The first kappa shape index (κ1) is 14.3. The highest BCUT2D eigenvalue weighted by Crippen LogP contribution is 2.56. The van der Waals surface area contributed by atoms with Gasteiger partial charge in [-0.25, -0.2) is 0 Å². The molecule has 0 aromatic carbocycles. The molecule has 1 saturated carbocycles. The van der Waals surface area contributed by atoms with Crippen molar-refractivity contribution in [2.75, 3.05) is 19.6 Å². The molecular formula is C15H22N2OS. The van der Waals surface area contributed by atoms with Crippen molar-refractivity contribution in [2.45, 2.75) is 25.7 Å². The van der Waals surface area contributed by atoms with Gasteiger partial charge in [-0.1, -0.05) is 18.2 Å². The van der Waals surface area contributed by atoms with Crippen molar-refractivity contribution < 1.29 is 4.79 Å². The zero-order valence-corrected chi connectivity index (χ0v) is 12.5. The number of carbonyl (C=O) groups is 1. The van der Waals surface area contributed by atoms with Gasteiger partial charge < -0.3 is 10.6 Å². The third-order valence-corrected chi connectivity index (χ3v) is 5.01. The Morgan fingerprint density at radius 2 is 2.47 bits per heavy atom. The number of nitrogens with two attached hydrogens (primary N) is 1. The van der Waals surface area contributed by atoms with Crippen molar-refractivity contribution in [1.82, 2.24) is 4.90 Å². The van der Waals surface area contributed by atoms with E-state index in [1.165, 1.54) is 4.88 Å². The van der Waals surface area contributed by atoms with E-state index in [4.69, 9.17) is 5.73 Å². The topological polar surface area (TPSA) is 46.3 Å². The first-order valence-electron chi connectivity index (χ1n) is 6.85. The summed E-state index contributed by atoms with van der Waals surface area (Å²) in [5.41, 5.74) is 5.48. The molecule has 1 aliphatic carbocycles. The highest BCUT2D eigenvalue weighted by atomic mass is 32.1. The van der Waals surface area contributed by atoms with Crippen LogP contribution in [0.5, 0.6) is 0 Å². The minimum absolute atomic E-state index is 0.242. The monoisotopic (exact) mass is 278 g/mol. The van der Waals surface area contributed by atoms with Gasteiger partial charge in [0, 0.05) is 18.0 Å².